The molecule has 0 aromatic carbocycles. The van der Waals surface area contributed by atoms with Gasteiger partial charge >= 0.3 is 0 Å². The lowest BCUT2D eigenvalue weighted by molar-refractivity contribution is 0.0943. The molecule has 8 heteroatoms. The number of aromatic nitrogens is 1. The second kappa shape index (κ2) is 5.34. The Balaban J connectivity index is 1.97. The lowest BCUT2D eigenvalue weighted by Gasteiger charge is -2.10. The molecule has 6 nitrogen and oxygen atoms in total. The number of carbonyl (C=O) groups is 1. The zero-order valence-corrected chi connectivity index (χ0v) is 11.7. The van der Waals surface area contributed by atoms with Crippen LogP contribution >= 0.6 is 11.6 Å². The highest BCUT2D eigenvalue weighted by Crippen LogP contribution is 2.18. The quantitative estimate of drug-likeness (QED) is 0.845. The minimum Gasteiger partial charge on any atom is -0.384 e. The maximum absolute atomic E-state index is 11.9. The second-order valence-corrected chi connectivity index (χ2v) is 7.18. The first-order valence-electron chi connectivity index (χ1n) is 5.78. The second-order valence-electron chi connectivity index (χ2n) is 4.55. The van der Waals surface area contributed by atoms with E-state index in [-0.39, 0.29) is 34.0 Å². The molecule has 1 fully saturated rings. The number of nitrogen functional groups attached to an aromatic ring is 1. The van der Waals surface area contributed by atoms with Gasteiger partial charge in [-0.3, -0.25) is 4.79 Å². The van der Waals surface area contributed by atoms with Crippen LogP contribution in [0.3, 0.4) is 0 Å². The van der Waals surface area contributed by atoms with E-state index in [9.17, 15) is 13.2 Å². The number of nitrogens with two attached hydrogens (primary N) is 1. The molecule has 1 saturated heterocycles. The molecular formula is C11H14ClN3O3S. The van der Waals surface area contributed by atoms with Crippen LogP contribution in [0.4, 0.5) is 5.82 Å². The summed E-state index contributed by atoms with van der Waals surface area (Å²) < 4.78 is 22.6. The number of rotatable bonds is 3. The molecule has 19 heavy (non-hydrogen) atoms. The molecule has 0 aliphatic carbocycles. The lowest BCUT2D eigenvalue weighted by atomic mass is 10.1. The Morgan fingerprint density at radius 2 is 2.26 bits per heavy atom. The molecule has 0 saturated carbocycles. The average Bonchev–Trinajstić information content (AvgIpc) is 2.69. The van der Waals surface area contributed by atoms with E-state index < -0.39 is 15.7 Å². The first kappa shape index (κ1) is 14.1. The van der Waals surface area contributed by atoms with Gasteiger partial charge < -0.3 is 11.1 Å². The van der Waals surface area contributed by atoms with Crippen molar-refractivity contribution >= 4 is 33.2 Å². The summed E-state index contributed by atoms with van der Waals surface area (Å²) in [6.45, 7) is 0.296. The Labute approximate surface area is 116 Å². The lowest BCUT2D eigenvalue weighted by Crippen LogP contribution is -2.30. The number of anilines is 1. The zero-order valence-electron chi connectivity index (χ0n) is 10.1. The fourth-order valence-corrected chi connectivity index (χ4v) is 4.02. The average molecular weight is 304 g/mol. The highest BCUT2D eigenvalue weighted by atomic mass is 35.5. The van der Waals surface area contributed by atoms with Crippen LogP contribution in [-0.2, 0) is 9.84 Å². The molecule has 1 aromatic rings. The first-order valence-corrected chi connectivity index (χ1v) is 7.98. The van der Waals surface area contributed by atoms with Gasteiger partial charge in [-0.25, -0.2) is 13.4 Å². The number of hydrogen-bond donors (Lipinski definition) is 2. The van der Waals surface area contributed by atoms with Gasteiger partial charge in [-0.05, 0) is 24.5 Å². The fourth-order valence-electron chi connectivity index (χ4n) is 1.97. The maximum atomic E-state index is 11.9. The molecule has 0 spiro atoms. The topological polar surface area (TPSA) is 102 Å². The van der Waals surface area contributed by atoms with E-state index in [2.05, 4.69) is 10.3 Å². The molecule has 1 amide bonds. The van der Waals surface area contributed by atoms with Gasteiger partial charge in [-0.1, -0.05) is 11.6 Å². The summed E-state index contributed by atoms with van der Waals surface area (Å²) in [5.74, 6) is 0.0179. The smallest absolute Gasteiger partial charge is 0.271 e. The monoisotopic (exact) mass is 303 g/mol. The molecule has 104 valence electrons. The third-order valence-electron chi connectivity index (χ3n) is 2.96. The number of hydrogen-bond acceptors (Lipinski definition) is 5. The van der Waals surface area contributed by atoms with Crippen molar-refractivity contribution in [2.24, 2.45) is 5.92 Å². The summed E-state index contributed by atoms with van der Waals surface area (Å²) in [6, 6.07) is 3.00. The summed E-state index contributed by atoms with van der Waals surface area (Å²) in [4.78, 5) is 15.7. The van der Waals surface area contributed by atoms with Crippen LogP contribution in [0, 0.1) is 5.92 Å². The van der Waals surface area contributed by atoms with Crippen LogP contribution in [0.1, 0.15) is 16.9 Å². The molecule has 2 rings (SSSR count). The van der Waals surface area contributed by atoms with Crippen LogP contribution in [0.2, 0.25) is 5.02 Å². The molecule has 0 bridgehead atoms. The van der Waals surface area contributed by atoms with Crippen LogP contribution in [-0.4, -0.2) is 37.4 Å². The van der Waals surface area contributed by atoms with Crippen molar-refractivity contribution < 1.29 is 13.2 Å². The Kier molecular flexibility index (Phi) is 3.96. The molecule has 1 unspecified atom stereocenters. The summed E-state index contributed by atoms with van der Waals surface area (Å²) >= 11 is 5.86. The van der Waals surface area contributed by atoms with Crippen molar-refractivity contribution in [1.82, 2.24) is 10.3 Å². The largest absolute Gasteiger partial charge is 0.384 e. The third-order valence-corrected chi connectivity index (χ3v) is 5.10. The highest BCUT2D eigenvalue weighted by Gasteiger charge is 2.28. The number of sulfone groups is 1. The summed E-state index contributed by atoms with van der Waals surface area (Å²) in [5, 5.41) is 2.85. The zero-order chi connectivity index (χ0) is 14.0. The SMILES string of the molecule is Nc1ccc(Cl)c(C(=O)NCC2CCS(=O)(=O)C2)n1. The van der Waals surface area contributed by atoms with Gasteiger partial charge in [-0.15, -0.1) is 0 Å². The Morgan fingerprint density at radius 1 is 1.53 bits per heavy atom. The van der Waals surface area contributed by atoms with E-state index in [1.807, 2.05) is 0 Å². The van der Waals surface area contributed by atoms with Crippen molar-refractivity contribution in [2.45, 2.75) is 6.42 Å². The Hall–Kier alpha value is -1.34. The number of nitrogens with zero attached hydrogens (tertiary/aromatic N) is 1. The fraction of sp³-hybridized carbons (Fsp3) is 0.455. The molecule has 1 atom stereocenters. The van der Waals surface area contributed by atoms with E-state index in [4.69, 9.17) is 17.3 Å². The van der Waals surface area contributed by atoms with E-state index in [1.54, 1.807) is 0 Å². The summed E-state index contributed by atoms with van der Waals surface area (Å²) in [5.41, 5.74) is 5.55. The molecular weight excluding hydrogens is 290 g/mol. The van der Waals surface area contributed by atoms with E-state index in [1.165, 1.54) is 12.1 Å². The van der Waals surface area contributed by atoms with Crippen molar-refractivity contribution in [3.63, 3.8) is 0 Å². The minimum atomic E-state index is -2.94. The number of nitrogens with one attached hydrogen (secondary N) is 1. The minimum absolute atomic E-state index is 0.0474. The van der Waals surface area contributed by atoms with E-state index in [0.29, 0.717) is 13.0 Å². The van der Waals surface area contributed by atoms with Gasteiger partial charge in [0, 0.05) is 6.54 Å². The van der Waals surface area contributed by atoms with Crippen molar-refractivity contribution in [3.8, 4) is 0 Å². The van der Waals surface area contributed by atoms with Crippen LogP contribution in [0.15, 0.2) is 12.1 Å². The molecule has 0 radical (unpaired) electrons. The molecule has 2 heterocycles. The molecule has 1 aliphatic rings. The van der Waals surface area contributed by atoms with Gasteiger partial charge in [0.05, 0.1) is 16.5 Å². The van der Waals surface area contributed by atoms with Gasteiger partial charge in [0.15, 0.2) is 9.84 Å². The maximum Gasteiger partial charge on any atom is 0.271 e. The van der Waals surface area contributed by atoms with Crippen LogP contribution in [0.5, 0.6) is 0 Å². The Bertz CT molecular complexity index is 603. The van der Waals surface area contributed by atoms with Gasteiger partial charge in [-0.2, -0.15) is 0 Å². The van der Waals surface area contributed by atoms with E-state index in [0.717, 1.165) is 0 Å². The highest BCUT2D eigenvalue weighted by molar-refractivity contribution is 7.91. The normalized spacial score (nSPS) is 21.2. The summed E-state index contributed by atoms with van der Waals surface area (Å²) in [7, 11) is -2.94. The molecule has 3 N–H and O–H groups in total. The van der Waals surface area contributed by atoms with Crippen molar-refractivity contribution in [2.75, 3.05) is 23.8 Å². The Morgan fingerprint density at radius 3 is 2.89 bits per heavy atom. The van der Waals surface area contributed by atoms with Crippen LogP contribution < -0.4 is 11.1 Å². The first-order chi connectivity index (χ1) is 8.87. The van der Waals surface area contributed by atoms with Crippen molar-refractivity contribution in [3.05, 3.63) is 22.8 Å². The number of carbonyl (C=O) groups excluding carboxylic acids is 1. The van der Waals surface area contributed by atoms with Gasteiger partial charge in [0.1, 0.15) is 11.5 Å². The van der Waals surface area contributed by atoms with Gasteiger partial charge in [0.2, 0.25) is 0 Å². The predicted molar refractivity (Wildman–Crippen MR) is 72.8 cm³/mol. The summed E-state index contributed by atoms with van der Waals surface area (Å²) in [6.07, 6.45) is 0.570. The van der Waals surface area contributed by atoms with E-state index >= 15 is 0 Å². The molecule has 1 aliphatic heterocycles. The number of amides is 1. The number of pyridine rings is 1. The molecule has 1 aromatic heterocycles. The number of halogens is 1. The van der Waals surface area contributed by atoms with Gasteiger partial charge in [0.25, 0.3) is 5.91 Å². The third kappa shape index (κ3) is 3.57. The predicted octanol–water partition coefficient (Wildman–Crippen LogP) is 0.482. The van der Waals surface area contributed by atoms with Crippen molar-refractivity contribution in [1.29, 1.82) is 0 Å². The van der Waals surface area contributed by atoms with Crippen LogP contribution in [0.25, 0.3) is 0 Å². The standard InChI is InChI=1S/C11H14ClN3O3S/c12-8-1-2-9(13)15-10(8)11(16)14-5-7-3-4-19(17,18)6-7/h1-2,7H,3-6H2,(H2,13,15)(H,14,16).